The fourth-order valence-electron chi connectivity index (χ4n) is 1.84. The molecular formula is C15H17BrN4O2S. The number of aliphatic carboxylic acids is 1. The van der Waals surface area contributed by atoms with Gasteiger partial charge in [0.1, 0.15) is 10.7 Å². The van der Waals surface area contributed by atoms with Gasteiger partial charge in [-0.1, -0.05) is 13.0 Å². The van der Waals surface area contributed by atoms with Crippen molar-refractivity contribution in [1.29, 1.82) is 0 Å². The number of carbonyl (C=O) groups is 1. The molecule has 1 aromatic carbocycles. The van der Waals surface area contributed by atoms with Crippen molar-refractivity contribution in [2.24, 2.45) is 0 Å². The number of thioether (sulfide) groups is 1. The van der Waals surface area contributed by atoms with Crippen molar-refractivity contribution in [3.63, 3.8) is 0 Å². The third kappa shape index (κ3) is 4.59. The molecule has 2 rings (SSSR count). The molecule has 0 unspecified atom stereocenters. The number of aromatic amines is 1. The molecule has 0 amide bonds. The molecule has 0 radical (unpaired) electrons. The maximum Gasteiger partial charge on any atom is 0.342 e. The smallest absolute Gasteiger partial charge is 0.342 e. The lowest BCUT2D eigenvalue weighted by Gasteiger charge is -2.14. The van der Waals surface area contributed by atoms with Crippen molar-refractivity contribution >= 4 is 45.4 Å². The number of carboxylic acids is 1. The van der Waals surface area contributed by atoms with Crippen LogP contribution in [0.2, 0.25) is 0 Å². The number of carboxylic acid groups (broad SMARTS) is 1. The molecule has 0 atom stereocenters. The molecular weight excluding hydrogens is 380 g/mol. The lowest BCUT2D eigenvalue weighted by molar-refractivity contribution is -0.131. The fourth-order valence-corrected chi connectivity index (χ4v) is 3.32. The van der Waals surface area contributed by atoms with Gasteiger partial charge in [0.15, 0.2) is 0 Å². The van der Waals surface area contributed by atoms with Gasteiger partial charge in [-0.3, -0.25) is 5.10 Å². The molecule has 6 nitrogen and oxygen atoms in total. The summed E-state index contributed by atoms with van der Waals surface area (Å²) >= 11 is 4.53. The molecule has 0 saturated heterocycles. The van der Waals surface area contributed by atoms with Crippen molar-refractivity contribution in [2.75, 3.05) is 19.0 Å². The predicted molar refractivity (Wildman–Crippen MR) is 95.7 cm³/mol. The standard InChI is InChI=1S/C15H17BrN4O2S/c1-4-13-17-15(19-18-13)23-12(14(21)22)8-9-5-6-11(20(2)3)10(16)7-9/h5-8H,4H2,1-3H3,(H,21,22)(H,17,18,19)/b12-8-. The number of H-pyrrole nitrogens is 1. The van der Waals surface area contributed by atoms with Crippen molar-refractivity contribution in [1.82, 2.24) is 15.2 Å². The van der Waals surface area contributed by atoms with Gasteiger partial charge in [0.2, 0.25) is 5.16 Å². The molecule has 0 fully saturated rings. The lowest BCUT2D eigenvalue weighted by atomic mass is 10.2. The number of aryl methyl sites for hydroxylation is 1. The topological polar surface area (TPSA) is 82.1 Å². The van der Waals surface area contributed by atoms with E-state index < -0.39 is 5.97 Å². The third-order valence-electron chi connectivity index (χ3n) is 3.01. The maximum absolute atomic E-state index is 11.5. The first-order chi connectivity index (χ1) is 10.9. The van der Waals surface area contributed by atoms with Crippen LogP contribution in [-0.2, 0) is 11.2 Å². The zero-order chi connectivity index (χ0) is 17.0. The minimum absolute atomic E-state index is 0.163. The fraction of sp³-hybridized carbons (Fsp3) is 0.267. The number of nitrogens with zero attached hydrogens (tertiary/aromatic N) is 3. The number of halogens is 1. The van der Waals surface area contributed by atoms with Crippen LogP contribution in [0.4, 0.5) is 5.69 Å². The molecule has 0 bridgehead atoms. The van der Waals surface area contributed by atoms with Crippen molar-refractivity contribution < 1.29 is 9.90 Å². The first-order valence-electron chi connectivity index (χ1n) is 6.91. The molecule has 0 saturated carbocycles. The van der Waals surface area contributed by atoms with E-state index in [2.05, 4.69) is 31.1 Å². The lowest BCUT2D eigenvalue weighted by Crippen LogP contribution is -2.09. The molecule has 0 aliphatic heterocycles. The summed E-state index contributed by atoms with van der Waals surface area (Å²) in [7, 11) is 3.89. The molecule has 0 aliphatic carbocycles. The highest BCUT2D eigenvalue weighted by Gasteiger charge is 2.14. The first kappa shape index (κ1) is 17.6. The van der Waals surface area contributed by atoms with Crippen LogP contribution < -0.4 is 4.90 Å². The predicted octanol–water partition coefficient (Wildman–Crippen LogP) is 3.41. The van der Waals surface area contributed by atoms with Gasteiger partial charge in [0.25, 0.3) is 0 Å². The second kappa shape index (κ2) is 7.65. The quantitative estimate of drug-likeness (QED) is 0.574. The number of benzene rings is 1. The highest BCUT2D eigenvalue weighted by atomic mass is 79.9. The highest BCUT2D eigenvalue weighted by molar-refractivity contribution is 9.10. The Kier molecular flexibility index (Phi) is 5.84. The van der Waals surface area contributed by atoms with Gasteiger partial charge in [0.05, 0.1) is 5.69 Å². The monoisotopic (exact) mass is 396 g/mol. The number of nitrogens with one attached hydrogen (secondary N) is 1. The molecule has 0 spiro atoms. The maximum atomic E-state index is 11.5. The van der Waals surface area contributed by atoms with Crippen LogP contribution in [0.1, 0.15) is 18.3 Å². The van der Waals surface area contributed by atoms with E-state index >= 15 is 0 Å². The Morgan fingerprint density at radius 2 is 2.22 bits per heavy atom. The van der Waals surface area contributed by atoms with Crippen molar-refractivity contribution in [3.8, 4) is 0 Å². The Labute approximate surface area is 147 Å². The molecule has 2 aromatic rings. The van der Waals surface area contributed by atoms with Gasteiger partial charge in [-0.05, 0) is 51.5 Å². The van der Waals surface area contributed by atoms with Gasteiger partial charge < -0.3 is 10.0 Å². The molecule has 23 heavy (non-hydrogen) atoms. The zero-order valence-corrected chi connectivity index (χ0v) is 15.4. The van der Waals surface area contributed by atoms with Crippen LogP contribution in [0.15, 0.2) is 32.7 Å². The Hall–Kier alpha value is -1.80. The third-order valence-corrected chi connectivity index (χ3v) is 4.52. The number of rotatable bonds is 6. The van der Waals surface area contributed by atoms with E-state index in [9.17, 15) is 9.90 Å². The minimum atomic E-state index is -1.01. The van der Waals surface area contributed by atoms with E-state index in [0.717, 1.165) is 39.7 Å². The number of hydrogen-bond acceptors (Lipinski definition) is 5. The summed E-state index contributed by atoms with van der Waals surface area (Å²) in [6.07, 6.45) is 2.33. The van der Waals surface area contributed by atoms with Crippen molar-refractivity contribution in [3.05, 3.63) is 39.0 Å². The zero-order valence-electron chi connectivity index (χ0n) is 13.0. The van der Waals surface area contributed by atoms with Gasteiger partial charge in [-0.25, -0.2) is 9.78 Å². The summed E-state index contributed by atoms with van der Waals surface area (Å²) < 4.78 is 0.900. The molecule has 2 N–H and O–H groups in total. The Morgan fingerprint density at radius 3 is 2.74 bits per heavy atom. The van der Waals surface area contributed by atoms with Crippen LogP contribution in [0.5, 0.6) is 0 Å². The normalized spacial score (nSPS) is 11.6. The van der Waals surface area contributed by atoms with E-state index in [1.807, 2.05) is 44.1 Å². The van der Waals surface area contributed by atoms with Crippen LogP contribution in [-0.4, -0.2) is 40.4 Å². The summed E-state index contributed by atoms with van der Waals surface area (Å²) in [5, 5.41) is 16.6. The molecule has 1 heterocycles. The van der Waals surface area contributed by atoms with Gasteiger partial charge in [-0.2, -0.15) is 0 Å². The van der Waals surface area contributed by atoms with Crippen LogP contribution in [0, 0.1) is 0 Å². The Bertz CT molecular complexity index is 743. The van der Waals surface area contributed by atoms with Gasteiger partial charge in [-0.15, -0.1) is 5.10 Å². The largest absolute Gasteiger partial charge is 0.477 e. The number of aromatic nitrogens is 3. The second-order valence-corrected chi connectivity index (χ2v) is 6.80. The highest BCUT2D eigenvalue weighted by Crippen LogP contribution is 2.29. The SMILES string of the molecule is CCc1nc(S/C(=C\c2ccc(N(C)C)c(Br)c2)C(=O)O)n[nH]1. The minimum Gasteiger partial charge on any atom is -0.477 e. The summed E-state index contributed by atoms with van der Waals surface area (Å²) in [5.41, 5.74) is 1.81. The first-order valence-corrected chi connectivity index (χ1v) is 8.52. The van der Waals surface area contributed by atoms with Crippen LogP contribution >= 0.6 is 27.7 Å². The summed E-state index contributed by atoms with van der Waals surface area (Å²) in [6, 6.07) is 5.69. The van der Waals surface area contributed by atoms with Gasteiger partial charge >= 0.3 is 5.97 Å². The average molecular weight is 397 g/mol. The van der Waals surface area contributed by atoms with Crippen molar-refractivity contribution in [2.45, 2.75) is 18.5 Å². The van der Waals surface area contributed by atoms with E-state index in [1.165, 1.54) is 0 Å². The summed E-state index contributed by atoms with van der Waals surface area (Å²) in [6.45, 7) is 1.95. The second-order valence-electron chi connectivity index (χ2n) is 4.94. The summed E-state index contributed by atoms with van der Waals surface area (Å²) in [5.74, 6) is -0.277. The number of anilines is 1. The molecule has 0 aliphatic rings. The summed E-state index contributed by atoms with van der Waals surface area (Å²) in [4.78, 5) is 17.8. The van der Waals surface area contributed by atoms with E-state index in [1.54, 1.807) is 6.08 Å². The Morgan fingerprint density at radius 1 is 1.48 bits per heavy atom. The van der Waals surface area contributed by atoms with Crippen LogP contribution in [0.25, 0.3) is 6.08 Å². The molecule has 8 heteroatoms. The van der Waals surface area contributed by atoms with Crippen LogP contribution in [0.3, 0.4) is 0 Å². The van der Waals surface area contributed by atoms with E-state index in [4.69, 9.17) is 0 Å². The molecule has 1 aromatic heterocycles. The Balaban J connectivity index is 2.28. The van der Waals surface area contributed by atoms with Gasteiger partial charge in [0, 0.05) is 25.0 Å². The van der Waals surface area contributed by atoms with E-state index in [0.29, 0.717) is 5.16 Å². The average Bonchev–Trinajstić information content (AvgIpc) is 2.94. The van der Waals surface area contributed by atoms with E-state index in [-0.39, 0.29) is 4.91 Å². The molecule has 122 valence electrons. The number of hydrogen-bond donors (Lipinski definition) is 2.